The Morgan fingerprint density at radius 2 is 1.79 bits per heavy atom. The van der Waals surface area contributed by atoms with E-state index < -0.39 is 5.97 Å². The Morgan fingerprint density at radius 3 is 2.50 bits per heavy atom. The smallest absolute Gasteiger partial charge is 0.342 e. The predicted molar refractivity (Wildman–Crippen MR) is 85.7 cm³/mol. The molecule has 0 aliphatic rings. The van der Waals surface area contributed by atoms with Gasteiger partial charge in [-0.2, -0.15) is 10.2 Å². The number of ether oxygens (including phenoxy) is 1. The number of nitriles is 1. The van der Waals surface area contributed by atoms with Gasteiger partial charge in [0.2, 0.25) is 5.88 Å². The number of carbonyl (C=O) groups is 1. The standard InChI is InChI=1S/C18H11N3O3/c19-10-13-8-4-5-9-15(13)24-17-14(18(22)23)11-20-16(21-17)12-6-2-1-3-7-12/h1-9,11H,(H,22,23). The molecule has 0 spiro atoms. The van der Waals surface area contributed by atoms with Crippen molar-refractivity contribution in [2.75, 3.05) is 0 Å². The average molecular weight is 317 g/mol. The second-order valence-electron chi connectivity index (χ2n) is 4.79. The number of aromatic nitrogens is 2. The van der Waals surface area contributed by atoms with Gasteiger partial charge in [-0.3, -0.25) is 0 Å². The molecule has 2 aromatic carbocycles. The summed E-state index contributed by atoms with van der Waals surface area (Å²) in [6, 6.07) is 17.7. The summed E-state index contributed by atoms with van der Waals surface area (Å²) in [4.78, 5) is 19.7. The fraction of sp³-hybridized carbons (Fsp3) is 0. The van der Waals surface area contributed by atoms with Crippen LogP contribution in [0.3, 0.4) is 0 Å². The highest BCUT2D eigenvalue weighted by molar-refractivity contribution is 5.90. The van der Waals surface area contributed by atoms with Gasteiger partial charge in [0, 0.05) is 11.8 Å². The number of hydrogen-bond acceptors (Lipinski definition) is 5. The Morgan fingerprint density at radius 1 is 1.08 bits per heavy atom. The van der Waals surface area contributed by atoms with Gasteiger partial charge >= 0.3 is 5.97 Å². The molecule has 0 radical (unpaired) electrons. The summed E-state index contributed by atoms with van der Waals surface area (Å²) in [5, 5.41) is 18.4. The lowest BCUT2D eigenvalue weighted by atomic mass is 10.2. The van der Waals surface area contributed by atoms with E-state index in [0.29, 0.717) is 5.82 Å². The van der Waals surface area contributed by atoms with Crippen molar-refractivity contribution in [2.45, 2.75) is 0 Å². The monoisotopic (exact) mass is 317 g/mol. The molecule has 0 unspecified atom stereocenters. The first-order chi connectivity index (χ1) is 11.7. The molecule has 1 aromatic heterocycles. The van der Waals surface area contributed by atoms with E-state index in [0.717, 1.165) is 5.56 Å². The van der Waals surface area contributed by atoms with E-state index in [2.05, 4.69) is 9.97 Å². The molecule has 0 atom stereocenters. The van der Waals surface area contributed by atoms with Crippen LogP contribution >= 0.6 is 0 Å². The van der Waals surface area contributed by atoms with Crippen molar-refractivity contribution in [1.29, 1.82) is 5.26 Å². The summed E-state index contributed by atoms with van der Waals surface area (Å²) in [5.74, 6) is -0.747. The Bertz CT molecular complexity index is 934. The zero-order valence-electron chi connectivity index (χ0n) is 12.4. The highest BCUT2D eigenvalue weighted by Crippen LogP contribution is 2.28. The molecular formula is C18H11N3O3. The molecule has 0 bridgehead atoms. The third-order valence-electron chi connectivity index (χ3n) is 3.23. The first kappa shape index (κ1) is 15.2. The second-order valence-corrected chi connectivity index (χ2v) is 4.79. The minimum atomic E-state index is -1.21. The van der Waals surface area contributed by atoms with E-state index in [9.17, 15) is 9.90 Å². The first-order valence-electron chi connectivity index (χ1n) is 7.02. The Balaban J connectivity index is 2.08. The van der Waals surface area contributed by atoms with Crippen LogP contribution < -0.4 is 4.74 Å². The number of aromatic carboxylic acids is 1. The van der Waals surface area contributed by atoms with Gasteiger partial charge in [-0.1, -0.05) is 42.5 Å². The number of carboxylic acids is 1. The van der Waals surface area contributed by atoms with Crippen molar-refractivity contribution in [1.82, 2.24) is 9.97 Å². The minimum Gasteiger partial charge on any atom is -0.477 e. The number of hydrogen-bond donors (Lipinski definition) is 1. The lowest BCUT2D eigenvalue weighted by Crippen LogP contribution is -2.05. The van der Waals surface area contributed by atoms with E-state index in [4.69, 9.17) is 10.00 Å². The molecule has 1 N–H and O–H groups in total. The number of para-hydroxylation sites is 1. The van der Waals surface area contributed by atoms with Crippen LogP contribution in [0.2, 0.25) is 0 Å². The molecule has 24 heavy (non-hydrogen) atoms. The highest BCUT2D eigenvalue weighted by Gasteiger charge is 2.17. The molecule has 1 heterocycles. The summed E-state index contributed by atoms with van der Waals surface area (Å²) < 4.78 is 5.60. The maximum Gasteiger partial charge on any atom is 0.342 e. The van der Waals surface area contributed by atoms with Crippen molar-refractivity contribution in [3.8, 4) is 29.1 Å². The summed E-state index contributed by atoms with van der Waals surface area (Å²) in [7, 11) is 0. The van der Waals surface area contributed by atoms with Crippen LogP contribution in [-0.4, -0.2) is 21.0 Å². The molecular weight excluding hydrogens is 306 g/mol. The normalized spacial score (nSPS) is 9.96. The SMILES string of the molecule is N#Cc1ccccc1Oc1nc(-c2ccccc2)ncc1C(=O)O. The third kappa shape index (κ3) is 3.05. The molecule has 0 aliphatic carbocycles. The summed E-state index contributed by atoms with van der Waals surface area (Å²) >= 11 is 0. The van der Waals surface area contributed by atoms with Gasteiger partial charge in [-0.25, -0.2) is 9.78 Å². The summed E-state index contributed by atoms with van der Waals surface area (Å²) in [5.41, 5.74) is 0.837. The van der Waals surface area contributed by atoms with Crippen LogP contribution in [0.15, 0.2) is 60.8 Å². The topological polar surface area (TPSA) is 96.1 Å². The molecule has 3 rings (SSSR count). The Hall–Kier alpha value is -3.72. The largest absolute Gasteiger partial charge is 0.477 e. The molecule has 116 valence electrons. The summed E-state index contributed by atoms with van der Waals surface area (Å²) in [6.07, 6.45) is 1.20. The van der Waals surface area contributed by atoms with Gasteiger partial charge in [0.1, 0.15) is 17.4 Å². The van der Waals surface area contributed by atoms with Gasteiger partial charge in [0.25, 0.3) is 0 Å². The number of nitrogens with zero attached hydrogens (tertiary/aromatic N) is 3. The van der Waals surface area contributed by atoms with E-state index >= 15 is 0 Å². The van der Waals surface area contributed by atoms with Crippen LogP contribution in [0.25, 0.3) is 11.4 Å². The third-order valence-corrected chi connectivity index (χ3v) is 3.23. The van der Waals surface area contributed by atoms with E-state index in [-0.39, 0.29) is 22.8 Å². The van der Waals surface area contributed by atoms with Crippen molar-refractivity contribution >= 4 is 5.97 Å². The molecule has 0 amide bonds. The lowest BCUT2D eigenvalue weighted by molar-refractivity contribution is 0.0693. The minimum absolute atomic E-state index is 0.112. The van der Waals surface area contributed by atoms with Crippen molar-refractivity contribution in [3.63, 3.8) is 0 Å². The number of rotatable bonds is 4. The van der Waals surface area contributed by atoms with Crippen LogP contribution in [0.4, 0.5) is 0 Å². The van der Waals surface area contributed by atoms with Crippen LogP contribution in [0.5, 0.6) is 11.6 Å². The van der Waals surface area contributed by atoms with E-state index in [1.54, 1.807) is 24.3 Å². The Kier molecular flexibility index (Phi) is 4.17. The molecule has 6 nitrogen and oxygen atoms in total. The Labute approximate surface area is 137 Å². The zero-order chi connectivity index (χ0) is 16.9. The maximum absolute atomic E-state index is 11.4. The van der Waals surface area contributed by atoms with Gasteiger partial charge < -0.3 is 9.84 Å². The molecule has 0 fully saturated rings. The lowest BCUT2D eigenvalue weighted by Gasteiger charge is -2.10. The molecule has 0 aliphatic heterocycles. The van der Waals surface area contributed by atoms with Crippen molar-refractivity contribution in [2.24, 2.45) is 0 Å². The molecule has 6 heteroatoms. The van der Waals surface area contributed by atoms with Gasteiger partial charge in [-0.15, -0.1) is 0 Å². The predicted octanol–water partition coefficient (Wildman–Crippen LogP) is 3.51. The summed E-state index contributed by atoms with van der Waals surface area (Å²) in [6.45, 7) is 0. The first-order valence-corrected chi connectivity index (χ1v) is 7.02. The van der Waals surface area contributed by atoms with Gasteiger partial charge in [-0.05, 0) is 12.1 Å². The maximum atomic E-state index is 11.4. The molecule has 3 aromatic rings. The highest BCUT2D eigenvalue weighted by atomic mass is 16.5. The number of benzene rings is 2. The number of carboxylic acid groups (broad SMARTS) is 1. The second kappa shape index (κ2) is 6.58. The zero-order valence-corrected chi connectivity index (χ0v) is 12.4. The fourth-order valence-electron chi connectivity index (χ4n) is 2.07. The van der Waals surface area contributed by atoms with Crippen LogP contribution in [0, 0.1) is 11.3 Å². The van der Waals surface area contributed by atoms with Crippen molar-refractivity contribution < 1.29 is 14.6 Å². The van der Waals surface area contributed by atoms with Gasteiger partial charge in [0.15, 0.2) is 5.82 Å². The quantitative estimate of drug-likeness (QED) is 0.791. The average Bonchev–Trinajstić information content (AvgIpc) is 2.62. The van der Waals surface area contributed by atoms with Crippen molar-refractivity contribution in [3.05, 3.63) is 71.9 Å². The van der Waals surface area contributed by atoms with E-state index in [1.807, 2.05) is 36.4 Å². The van der Waals surface area contributed by atoms with Crippen LogP contribution in [-0.2, 0) is 0 Å². The van der Waals surface area contributed by atoms with Crippen LogP contribution in [0.1, 0.15) is 15.9 Å². The molecule has 0 saturated carbocycles. The van der Waals surface area contributed by atoms with E-state index in [1.165, 1.54) is 6.20 Å². The molecule has 0 saturated heterocycles. The van der Waals surface area contributed by atoms with Gasteiger partial charge in [0.05, 0.1) is 5.56 Å². The fourth-order valence-corrected chi connectivity index (χ4v) is 2.07.